The van der Waals surface area contributed by atoms with Gasteiger partial charge in [0, 0.05) is 38.5 Å². The second-order valence-corrected chi connectivity index (χ2v) is 6.88. The molecule has 24 heavy (non-hydrogen) atoms. The van der Waals surface area contributed by atoms with Crippen molar-refractivity contribution in [1.82, 2.24) is 9.80 Å². The molecule has 2 heterocycles. The maximum atomic E-state index is 12.9. The summed E-state index contributed by atoms with van der Waals surface area (Å²) in [6.07, 6.45) is 4.11. The molecule has 2 saturated heterocycles. The summed E-state index contributed by atoms with van der Waals surface area (Å²) in [5.74, 6) is 0.978. The molecule has 2 aliphatic heterocycles. The second-order valence-electron chi connectivity index (χ2n) is 6.88. The molecule has 2 fully saturated rings. The SMILES string of the molecule is COc1ccc(C[C@@H]2CCCN2C(=O)[C@H]2CCN(C)C(=O)C2)cc1. The molecule has 5 nitrogen and oxygen atoms in total. The number of hydrogen-bond acceptors (Lipinski definition) is 3. The Bertz CT molecular complexity index is 599. The fourth-order valence-electron chi connectivity index (χ4n) is 3.76. The minimum absolute atomic E-state index is 0.0884. The molecule has 5 heteroatoms. The van der Waals surface area contributed by atoms with E-state index in [1.54, 1.807) is 12.0 Å². The third kappa shape index (κ3) is 3.55. The third-order valence-corrected chi connectivity index (χ3v) is 5.30. The van der Waals surface area contributed by atoms with Crippen molar-refractivity contribution in [2.24, 2.45) is 5.92 Å². The Labute approximate surface area is 143 Å². The molecule has 130 valence electrons. The first-order chi connectivity index (χ1) is 11.6. The van der Waals surface area contributed by atoms with Crippen LogP contribution in [0.15, 0.2) is 24.3 Å². The highest BCUT2D eigenvalue weighted by atomic mass is 16.5. The van der Waals surface area contributed by atoms with Crippen molar-refractivity contribution in [3.8, 4) is 5.75 Å². The molecule has 0 spiro atoms. The van der Waals surface area contributed by atoms with Crippen LogP contribution in [-0.4, -0.2) is 54.9 Å². The average Bonchev–Trinajstić information content (AvgIpc) is 3.05. The summed E-state index contributed by atoms with van der Waals surface area (Å²) in [5, 5.41) is 0. The predicted octanol–water partition coefficient (Wildman–Crippen LogP) is 2.10. The van der Waals surface area contributed by atoms with Crippen LogP contribution in [0.2, 0.25) is 0 Å². The van der Waals surface area contributed by atoms with Crippen LogP contribution in [0.4, 0.5) is 0 Å². The quantitative estimate of drug-likeness (QED) is 0.849. The zero-order valence-corrected chi connectivity index (χ0v) is 14.5. The van der Waals surface area contributed by atoms with E-state index >= 15 is 0 Å². The van der Waals surface area contributed by atoms with Gasteiger partial charge >= 0.3 is 0 Å². The fraction of sp³-hybridized carbons (Fsp3) is 0.579. The van der Waals surface area contributed by atoms with Gasteiger partial charge in [0.25, 0.3) is 0 Å². The van der Waals surface area contributed by atoms with E-state index in [4.69, 9.17) is 4.74 Å². The predicted molar refractivity (Wildman–Crippen MR) is 91.8 cm³/mol. The van der Waals surface area contributed by atoms with Gasteiger partial charge in [0.05, 0.1) is 7.11 Å². The van der Waals surface area contributed by atoms with Crippen LogP contribution >= 0.6 is 0 Å². The van der Waals surface area contributed by atoms with Crippen molar-refractivity contribution in [3.05, 3.63) is 29.8 Å². The third-order valence-electron chi connectivity index (χ3n) is 5.30. The largest absolute Gasteiger partial charge is 0.497 e. The molecule has 0 bridgehead atoms. The number of hydrogen-bond donors (Lipinski definition) is 0. The summed E-state index contributed by atoms with van der Waals surface area (Å²) in [4.78, 5) is 28.5. The van der Waals surface area contributed by atoms with E-state index in [2.05, 4.69) is 12.1 Å². The molecule has 0 N–H and O–H groups in total. The van der Waals surface area contributed by atoms with Gasteiger partial charge in [-0.05, 0) is 43.4 Å². The summed E-state index contributed by atoms with van der Waals surface area (Å²) >= 11 is 0. The van der Waals surface area contributed by atoms with Crippen LogP contribution in [0, 0.1) is 5.92 Å². The van der Waals surface area contributed by atoms with E-state index in [1.807, 2.05) is 24.1 Å². The molecule has 0 saturated carbocycles. The molecular formula is C19H26N2O3. The Morgan fingerprint density at radius 3 is 2.62 bits per heavy atom. The lowest BCUT2D eigenvalue weighted by atomic mass is 9.94. The monoisotopic (exact) mass is 330 g/mol. The lowest BCUT2D eigenvalue weighted by Gasteiger charge is -2.33. The van der Waals surface area contributed by atoms with Crippen molar-refractivity contribution in [2.75, 3.05) is 27.2 Å². The highest BCUT2D eigenvalue weighted by Crippen LogP contribution is 2.27. The maximum Gasteiger partial charge on any atom is 0.226 e. The molecule has 0 unspecified atom stereocenters. The number of benzene rings is 1. The number of methoxy groups -OCH3 is 1. The van der Waals surface area contributed by atoms with Gasteiger partial charge in [-0.1, -0.05) is 12.1 Å². The lowest BCUT2D eigenvalue weighted by Crippen LogP contribution is -2.45. The Morgan fingerprint density at radius 2 is 1.96 bits per heavy atom. The van der Waals surface area contributed by atoms with Gasteiger partial charge in [0.2, 0.25) is 11.8 Å². The van der Waals surface area contributed by atoms with Crippen molar-refractivity contribution >= 4 is 11.8 Å². The molecule has 0 aromatic heterocycles. The Hall–Kier alpha value is -2.04. The molecule has 3 rings (SSSR count). The van der Waals surface area contributed by atoms with E-state index in [1.165, 1.54) is 5.56 Å². The highest BCUT2D eigenvalue weighted by Gasteiger charge is 2.36. The van der Waals surface area contributed by atoms with E-state index in [0.29, 0.717) is 13.0 Å². The first-order valence-corrected chi connectivity index (χ1v) is 8.76. The van der Waals surface area contributed by atoms with E-state index in [0.717, 1.165) is 38.0 Å². The summed E-state index contributed by atoms with van der Waals surface area (Å²) in [6.45, 7) is 1.51. The highest BCUT2D eigenvalue weighted by molar-refractivity contribution is 5.87. The summed E-state index contributed by atoms with van der Waals surface area (Å²) in [5.41, 5.74) is 1.22. The standard InChI is InChI=1S/C19H26N2O3/c1-20-11-9-15(13-18(20)22)19(23)21-10-3-4-16(21)12-14-5-7-17(24-2)8-6-14/h5-8,15-16H,3-4,9-13H2,1-2H3/t15-,16-/m0/s1. The van der Waals surface area contributed by atoms with E-state index < -0.39 is 0 Å². The van der Waals surface area contributed by atoms with E-state index in [9.17, 15) is 9.59 Å². The van der Waals surface area contributed by atoms with Crippen LogP contribution in [0.25, 0.3) is 0 Å². The number of rotatable bonds is 4. The van der Waals surface area contributed by atoms with Gasteiger partial charge in [-0.15, -0.1) is 0 Å². The normalized spacial score (nSPS) is 24.3. The molecular weight excluding hydrogens is 304 g/mol. The molecule has 1 aromatic carbocycles. The van der Waals surface area contributed by atoms with Gasteiger partial charge in [-0.25, -0.2) is 0 Å². The zero-order valence-electron chi connectivity index (χ0n) is 14.5. The molecule has 1 aromatic rings. The first kappa shape index (κ1) is 16.8. The topological polar surface area (TPSA) is 49.9 Å². The molecule has 2 atom stereocenters. The van der Waals surface area contributed by atoms with E-state index in [-0.39, 0.29) is 23.8 Å². The van der Waals surface area contributed by atoms with Crippen molar-refractivity contribution in [1.29, 1.82) is 0 Å². The van der Waals surface area contributed by atoms with Crippen molar-refractivity contribution < 1.29 is 14.3 Å². The van der Waals surface area contributed by atoms with Crippen molar-refractivity contribution in [3.63, 3.8) is 0 Å². The average molecular weight is 330 g/mol. The Balaban J connectivity index is 1.64. The number of ether oxygens (including phenoxy) is 1. The van der Waals surface area contributed by atoms with Crippen LogP contribution < -0.4 is 4.74 Å². The van der Waals surface area contributed by atoms with Gasteiger partial charge < -0.3 is 14.5 Å². The number of nitrogens with zero attached hydrogens (tertiary/aromatic N) is 2. The number of carbonyl (C=O) groups is 2. The maximum absolute atomic E-state index is 12.9. The second kappa shape index (κ2) is 7.24. The lowest BCUT2D eigenvalue weighted by molar-refractivity contribution is -0.144. The Morgan fingerprint density at radius 1 is 1.21 bits per heavy atom. The molecule has 0 aliphatic carbocycles. The van der Waals surface area contributed by atoms with Crippen LogP contribution in [0.5, 0.6) is 5.75 Å². The summed E-state index contributed by atoms with van der Waals surface area (Å²) in [6, 6.07) is 8.32. The van der Waals surface area contributed by atoms with Crippen LogP contribution in [-0.2, 0) is 16.0 Å². The van der Waals surface area contributed by atoms with Crippen LogP contribution in [0.3, 0.4) is 0 Å². The number of piperidine rings is 1. The smallest absolute Gasteiger partial charge is 0.226 e. The number of likely N-dealkylation sites (tertiary alicyclic amines) is 2. The Kier molecular flexibility index (Phi) is 5.07. The van der Waals surface area contributed by atoms with Gasteiger partial charge in [0.15, 0.2) is 0 Å². The summed E-state index contributed by atoms with van der Waals surface area (Å²) < 4.78 is 5.20. The summed E-state index contributed by atoms with van der Waals surface area (Å²) in [7, 11) is 3.47. The molecule has 0 radical (unpaired) electrons. The molecule has 2 amide bonds. The van der Waals surface area contributed by atoms with Crippen molar-refractivity contribution in [2.45, 2.75) is 38.1 Å². The minimum atomic E-state index is -0.134. The minimum Gasteiger partial charge on any atom is -0.497 e. The van der Waals surface area contributed by atoms with Gasteiger partial charge in [-0.3, -0.25) is 9.59 Å². The zero-order chi connectivity index (χ0) is 17.1. The first-order valence-electron chi connectivity index (χ1n) is 8.76. The number of amides is 2. The fourth-order valence-corrected chi connectivity index (χ4v) is 3.76. The molecule has 2 aliphatic rings. The number of carbonyl (C=O) groups excluding carboxylic acids is 2. The van der Waals surface area contributed by atoms with Gasteiger partial charge in [0.1, 0.15) is 5.75 Å². The van der Waals surface area contributed by atoms with Gasteiger partial charge in [-0.2, -0.15) is 0 Å². The van der Waals surface area contributed by atoms with Crippen LogP contribution in [0.1, 0.15) is 31.2 Å².